The highest BCUT2D eigenvalue weighted by Gasteiger charge is 2.28. The summed E-state index contributed by atoms with van der Waals surface area (Å²) in [6.45, 7) is 2.19. The minimum Gasteiger partial charge on any atom is -0.207 e. The molecule has 22 heavy (non-hydrogen) atoms. The second-order valence-electron chi connectivity index (χ2n) is 6.41. The molecule has 1 aromatic carbocycles. The summed E-state index contributed by atoms with van der Waals surface area (Å²) in [6, 6.07) is 7.66. The molecular formula is C18H29NO2S. The van der Waals surface area contributed by atoms with Crippen molar-refractivity contribution >= 4 is 10.0 Å². The standard InChI is InChI=1S/C18H29NO2S/c1-3-4-6-9-16-12-14-18(15-13-16)22(20,21)19(2)17-10-7-5-8-11-17/h12-15,17H,3-11H2,1-2H3. The van der Waals surface area contributed by atoms with Crippen molar-refractivity contribution in [2.45, 2.75) is 75.6 Å². The van der Waals surface area contributed by atoms with Crippen LogP contribution in [0.25, 0.3) is 0 Å². The van der Waals surface area contributed by atoms with E-state index in [4.69, 9.17) is 0 Å². The molecule has 0 radical (unpaired) electrons. The van der Waals surface area contributed by atoms with Crippen LogP contribution in [0.3, 0.4) is 0 Å². The summed E-state index contributed by atoms with van der Waals surface area (Å²) < 4.78 is 27.1. The number of nitrogens with zero attached hydrogens (tertiary/aromatic N) is 1. The second kappa shape index (κ2) is 8.11. The summed E-state index contributed by atoms with van der Waals surface area (Å²) in [4.78, 5) is 0.430. The van der Waals surface area contributed by atoms with E-state index in [2.05, 4.69) is 6.92 Å². The fourth-order valence-corrected chi connectivity index (χ4v) is 4.63. The van der Waals surface area contributed by atoms with Crippen molar-refractivity contribution in [2.24, 2.45) is 0 Å². The van der Waals surface area contributed by atoms with Crippen LogP contribution in [0.1, 0.15) is 63.9 Å². The van der Waals surface area contributed by atoms with Gasteiger partial charge < -0.3 is 0 Å². The van der Waals surface area contributed by atoms with Gasteiger partial charge in [-0.3, -0.25) is 0 Å². The van der Waals surface area contributed by atoms with E-state index in [1.807, 2.05) is 12.1 Å². The smallest absolute Gasteiger partial charge is 0.207 e. The van der Waals surface area contributed by atoms with Crippen molar-refractivity contribution in [3.05, 3.63) is 29.8 Å². The van der Waals surface area contributed by atoms with Crippen molar-refractivity contribution in [1.82, 2.24) is 4.31 Å². The highest BCUT2D eigenvalue weighted by molar-refractivity contribution is 7.89. The van der Waals surface area contributed by atoms with Gasteiger partial charge in [-0.1, -0.05) is 51.2 Å². The van der Waals surface area contributed by atoms with Crippen molar-refractivity contribution in [2.75, 3.05) is 7.05 Å². The van der Waals surface area contributed by atoms with E-state index in [1.165, 1.54) is 31.2 Å². The molecule has 0 spiro atoms. The molecule has 1 fully saturated rings. The third kappa shape index (κ3) is 4.32. The lowest BCUT2D eigenvalue weighted by Crippen LogP contribution is -2.38. The monoisotopic (exact) mass is 323 g/mol. The molecule has 2 rings (SSSR count). The summed E-state index contributed by atoms with van der Waals surface area (Å²) in [5.74, 6) is 0. The van der Waals surface area contributed by atoms with Crippen LogP contribution in [0.15, 0.2) is 29.2 Å². The molecule has 0 atom stereocenters. The van der Waals surface area contributed by atoms with Gasteiger partial charge in [0.1, 0.15) is 0 Å². The number of hydrogen-bond donors (Lipinski definition) is 0. The van der Waals surface area contributed by atoms with E-state index in [1.54, 1.807) is 23.5 Å². The van der Waals surface area contributed by atoms with Crippen molar-refractivity contribution in [1.29, 1.82) is 0 Å². The number of rotatable bonds is 7. The molecule has 0 saturated heterocycles. The van der Waals surface area contributed by atoms with Crippen LogP contribution in [0, 0.1) is 0 Å². The van der Waals surface area contributed by atoms with E-state index in [9.17, 15) is 8.42 Å². The highest BCUT2D eigenvalue weighted by Crippen LogP contribution is 2.26. The molecule has 0 heterocycles. The average molecular weight is 324 g/mol. The zero-order valence-corrected chi connectivity index (χ0v) is 14.7. The first-order chi connectivity index (χ1) is 10.6. The number of benzene rings is 1. The van der Waals surface area contributed by atoms with Crippen LogP contribution < -0.4 is 0 Å². The maximum absolute atomic E-state index is 12.7. The second-order valence-corrected chi connectivity index (χ2v) is 8.41. The topological polar surface area (TPSA) is 37.4 Å². The first kappa shape index (κ1) is 17.5. The van der Waals surface area contributed by atoms with Crippen LogP contribution in [0.5, 0.6) is 0 Å². The summed E-state index contributed by atoms with van der Waals surface area (Å²) >= 11 is 0. The first-order valence-corrected chi connectivity index (χ1v) is 10.1. The van der Waals surface area contributed by atoms with E-state index >= 15 is 0 Å². The van der Waals surface area contributed by atoms with E-state index < -0.39 is 10.0 Å². The first-order valence-electron chi connectivity index (χ1n) is 8.62. The Hall–Kier alpha value is -0.870. The van der Waals surface area contributed by atoms with Crippen molar-refractivity contribution in [3.8, 4) is 0 Å². The molecule has 3 nitrogen and oxygen atoms in total. The minimum atomic E-state index is -3.35. The molecular weight excluding hydrogens is 294 g/mol. The molecule has 1 aromatic rings. The molecule has 1 aliphatic carbocycles. The van der Waals surface area contributed by atoms with Gasteiger partial charge in [0.05, 0.1) is 4.90 Å². The Labute approximate surface area is 135 Å². The number of sulfonamides is 1. The van der Waals surface area contributed by atoms with Gasteiger partial charge in [-0.15, -0.1) is 0 Å². The molecule has 1 saturated carbocycles. The summed E-state index contributed by atoms with van der Waals surface area (Å²) in [5.41, 5.74) is 1.23. The molecule has 0 N–H and O–H groups in total. The molecule has 0 aromatic heterocycles. The molecule has 1 aliphatic rings. The van der Waals surface area contributed by atoms with Gasteiger partial charge in [0.15, 0.2) is 0 Å². The number of aryl methyl sites for hydroxylation is 1. The maximum Gasteiger partial charge on any atom is 0.243 e. The average Bonchev–Trinajstić information content (AvgIpc) is 2.55. The fourth-order valence-electron chi connectivity index (χ4n) is 3.21. The molecule has 0 amide bonds. The van der Waals surface area contributed by atoms with Gasteiger partial charge in [0.25, 0.3) is 0 Å². The predicted octanol–water partition coefficient (Wildman–Crippen LogP) is 4.37. The lowest BCUT2D eigenvalue weighted by atomic mass is 9.96. The van der Waals surface area contributed by atoms with Gasteiger partial charge in [0.2, 0.25) is 10.0 Å². The zero-order valence-electron chi connectivity index (χ0n) is 13.9. The predicted molar refractivity (Wildman–Crippen MR) is 91.5 cm³/mol. The van der Waals surface area contributed by atoms with Gasteiger partial charge in [-0.25, -0.2) is 8.42 Å². The molecule has 0 unspecified atom stereocenters. The van der Waals surface area contributed by atoms with Crippen molar-refractivity contribution < 1.29 is 8.42 Å². The summed E-state index contributed by atoms with van der Waals surface area (Å²) in [6.07, 6.45) is 10.1. The number of hydrogen-bond acceptors (Lipinski definition) is 2. The van der Waals surface area contributed by atoms with Crippen LogP contribution in [0.4, 0.5) is 0 Å². The SMILES string of the molecule is CCCCCc1ccc(S(=O)(=O)N(C)C2CCCCC2)cc1. The maximum atomic E-state index is 12.7. The van der Waals surface area contributed by atoms with Gasteiger partial charge in [-0.05, 0) is 43.4 Å². The Morgan fingerprint density at radius 3 is 2.27 bits per heavy atom. The van der Waals surface area contributed by atoms with E-state index in [0.29, 0.717) is 4.90 Å². The Morgan fingerprint density at radius 1 is 1.05 bits per heavy atom. The lowest BCUT2D eigenvalue weighted by molar-refractivity contribution is 0.286. The van der Waals surface area contributed by atoms with Gasteiger partial charge >= 0.3 is 0 Å². The van der Waals surface area contributed by atoms with Crippen molar-refractivity contribution in [3.63, 3.8) is 0 Å². The van der Waals surface area contributed by atoms with Crippen LogP contribution in [0.2, 0.25) is 0 Å². The summed E-state index contributed by atoms with van der Waals surface area (Å²) in [5, 5.41) is 0. The normalized spacial score (nSPS) is 17.0. The third-order valence-electron chi connectivity index (χ3n) is 4.76. The molecule has 0 aliphatic heterocycles. The molecule has 124 valence electrons. The Bertz CT molecular complexity index is 545. The van der Waals surface area contributed by atoms with Crippen LogP contribution >= 0.6 is 0 Å². The Kier molecular flexibility index (Phi) is 6.45. The largest absolute Gasteiger partial charge is 0.243 e. The van der Waals surface area contributed by atoms with E-state index in [0.717, 1.165) is 32.1 Å². The minimum absolute atomic E-state index is 0.169. The van der Waals surface area contributed by atoms with Crippen LogP contribution in [-0.2, 0) is 16.4 Å². The van der Waals surface area contributed by atoms with E-state index in [-0.39, 0.29) is 6.04 Å². The quantitative estimate of drug-likeness (QED) is 0.699. The fraction of sp³-hybridized carbons (Fsp3) is 0.667. The Balaban J connectivity index is 2.05. The molecule has 4 heteroatoms. The summed E-state index contributed by atoms with van der Waals surface area (Å²) in [7, 11) is -1.61. The van der Waals surface area contributed by atoms with Gasteiger partial charge in [-0.2, -0.15) is 4.31 Å². The Morgan fingerprint density at radius 2 is 1.68 bits per heavy atom. The highest BCUT2D eigenvalue weighted by atomic mass is 32.2. The van der Waals surface area contributed by atoms with Crippen LogP contribution in [-0.4, -0.2) is 25.8 Å². The molecule has 0 bridgehead atoms. The zero-order chi connectivity index (χ0) is 16.0. The lowest BCUT2D eigenvalue weighted by Gasteiger charge is -2.30. The van der Waals surface area contributed by atoms with Gasteiger partial charge in [0, 0.05) is 13.1 Å². The third-order valence-corrected chi connectivity index (χ3v) is 6.68. The number of unbranched alkanes of at least 4 members (excludes halogenated alkanes) is 2.